The molecule has 0 fully saturated rings. The first kappa shape index (κ1) is 13.3. The van der Waals surface area contributed by atoms with Crippen molar-refractivity contribution in [2.24, 2.45) is 7.05 Å². The van der Waals surface area contributed by atoms with Gasteiger partial charge in [0.1, 0.15) is 0 Å². The first-order valence-corrected chi connectivity index (χ1v) is 6.77. The van der Waals surface area contributed by atoms with E-state index < -0.39 is 0 Å². The van der Waals surface area contributed by atoms with Crippen molar-refractivity contribution in [3.63, 3.8) is 0 Å². The van der Waals surface area contributed by atoms with Crippen molar-refractivity contribution >= 4 is 15.9 Å². The van der Waals surface area contributed by atoms with Gasteiger partial charge in [0.25, 0.3) is 0 Å². The average molecular weight is 308 g/mol. The van der Waals surface area contributed by atoms with E-state index in [1.54, 1.807) is 0 Å². The summed E-state index contributed by atoms with van der Waals surface area (Å²) in [6.45, 7) is 5.06. The third-order valence-electron chi connectivity index (χ3n) is 3.18. The van der Waals surface area contributed by atoms with Gasteiger partial charge < -0.3 is 5.32 Å². The molecule has 0 spiro atoms. The largest absolute Gasteiger partial charge is 0.314 e. The summed E-state index contributed by atoms with van der Waals surface area (Å²) in [6.07, 6.45) is 0. The molecule has 1 aromatic heterocycles. The van der Waals surface area contributed by atoms with Gasteiger partial charge in [-0.3, -0.25) is 4.68 Å². The molecule has 0 aliphatic rings. The lowest BCUT2D eigenvalue weighted by atomic mass is 10.0. The van der Waals surface area contributed by atoms with E-state index in [1.807, 2.05) is 18.8 Å². The predicted octanol–water partition coefficient (Wildman–Crippen LogP) is 3.19. The molecule has 0 bridgehead atoms. The van der Waals surface area contributed by atoms with Gasteiger partial charge in [-0.2, -0.15) is 5.10 Å². The highest BCUT2D eigenvalue weighted by molar-refractivity contribution is 9.10. The van der Waals surface area contributed by atoms with E-state index >= 15 is 0 Å². The Hall–Kier alpha value is -1.13. The van der Waals surface area contributed by atoms with Crippen LogP contribution in [0.4, 0.5) is 0 Å². The molecule has 0 saturated carbocycles. The van der Waals surface area contributed by atoms with E-state index in [1.165, 1.54) is 22.4 Å². The third-order valence-corrected chi connectivity index (χ3v) is 3.67. The Morgan fingerprint density at radius 2 is 2.06 bits per heavy atom. The zero-order valence-electron chi connectivity index (χ0n) is 11.2. The molecular formula is C14H18BrN3. The standard InChI is InChI=1S/C14H18BrN3/c1-9-5-6-11(15)7-12(9)14-10(2)13(8-16-3)17-18(14)4/h5-7,16H,8H2,1-4H3. The van der Waals surface area contributed by atoms with Crippen LogP contribution >= 0.6 is 15.9 Å². The summed E-state index contributed by atoms with van der Waals surface area (Å²) in [7, 11) is 3.94. The van der Waals surface area contributed by atoms with Gasteiger partial charge in [0, 0.05) is 23.6 Å². The number of rotatable bonds is 3. The van der Waals surface area contributed by atoms with Gasteiger partial charge in [-0.25, -0.2) is 0 Å². The zero-order valence-corrected chi connectivity index (χ0v) is 12.8. The van der Waals surface area contributed by atoms with Crippen LogP contribution in [0.5, 0.6) is 0 Å². The Balaban J connectivity index is 2.60. The van der Waals surface area contributed by atoms with Gasteiger partial charge >= 0.3 is 0 Å². The van der Waals surface area contributed by atoms with Crippen molar-refractivity contribution < 1.29 is 0 Å². The van der Waals surface area contributed by atoms with Crippen LogP contribution in [0.3, 0.4) is 0 Å². The highest BCUT2D eigenvalue weighted by atomic mass is 79.9. The molecule has 3 nitrogen and oxygen atoms in total. The van der Waals surface area contributed by atoms with Gasteiger partial charge in [-0.1, -0.05) is 22.0 Å². The number of hydrogen-bond donors (Lipinski definition) is 1. The summed E-state index contributed by atoms with van der Waals surface area (Å²) in [4.78, 5) is 0. The minimum atomic E-state index is 0.798. The molecule has 96 valence electrons. The van der Waals surface area contributed by atoms with Gasteiger partial charge in [-0.15, -0.1) is 0 Å². The monoisotopic (exact) mass is 307 g/mol. The molecule has 0 aliphatic heterocycles. The van der Waals surface area contributed by atoms with E-state index in [0.29, 0.717) is 0 Å². The molecule has 4 heteroatoms. The van der Waals surface area contributed by atoms with Crippen molar-refractivity contribution in [3.8, 4) is 11.3 Å². The highest BCUT2D eigenvalue weighted by Gasteiger charge is 2.15. The van der Waals surface area contributed by atoms with Crippen molar-refractivity contribution in [2.75, 3.05) is 7.05 Å². The van der Waals surface area contributed by atoms with E-state index in [4.69, 9.17) is 0 Å². The lowest BCUT2D eigenvalue weighted by Crippen LogP contribution is -2.06. The van der Waals surface area contributed by atoms with Crippen LogP contribution in [0, 0.1) is 13.8 Å². The van der Waals surface area contributed by atoms with E-state index in [0.717, 1.165) is 16.7 Å². The van der Waals surface area contributed by atoms with E-state index in [-0.39, 0.29) is 0 Å². The molecule has 0 aliphatic carbocycles. The molecule has 1 heterocycles. The van der Waals surface area contributed by atoms with Crippen LogP contribution in [-0.4, -0.2) is 16.8 Å². The first-order chi connectivity index (χ1) is 8.54. The van der Waals surface area contributed by atoms with Gasteiger partial charge in [0.05, 0.1) is 11.4 Å². The minimum absolute atomic E-state index is 0.798. The Labute approximate surface area is 116 Å². The molecule has 0 atom stereocenters. The maximum atomic E-state index is 4.59. The van der Waals surface area contributed by atoms with Gasteiger partial charge in [-0.05, 0) is 44.2 Å². The highest BCUT2D eigenvalue weighted by Crippen LogP contribution is 2.30. The number of nitrogens with zero attached hydrogens (tertiary/aromatic N) is 2. The summed E-state index contributed by atoms with van der Waals surface area (Å²) in [5.41, 5.74) is 6.04. The van der Waals surface area contributed by atoms with Crippen molar-refractivity contribution in [3.05, 3.63) is 39.5 Å². The van der Waals surface area contributed by atoms with Crippen molar-refractivity contribution in [2.45, 2.75) is 20.4 Å². The van der Waals surface area contributed by atoms with Crippen LogP contribution in [0.15, 0.2) is 22.7 Å². The number of halogens is 1. The second kappa shape index (κ2) is 5.24. The number of benzene rings is 1. The van der Waals surface area contributed by atoms with E-state index in [9.17, 15) is 0 Å². The summed E-state index contributed by atoms with van der Waals surface area (Å²) < 4.78 is 3.07. The number of aromatic nitrogens is 2. The molecule has 0 amide bonds. The van der Waals surface area contributed by atoms with E-state index in [2.05, 4.69) is 58.4 Å². The first-order valence-electron chi connectivity index (χ1n) is 5.98. The SMILES string of the molecule is CNCc1nn(C)c(-c2cc(Br)ccc2C)c1C. The predicted molar refractivity (Wildman–Crippen MR) is 78.6 cm³/mol. The summed E-state index contributed by atoms with van der Waals surface area (Å²) in [5, 5.41) is 7.74. The topological polar surface area (TPSA) is 29.9 Å². The van der Waals surface area contributed by atoms with Gasteiger partial charge in [0.2, 0.25) is 0 Å². The van der Waals surface area contributed by atoms with Crippen molar-refractivity contribution in [1.82, 2.24) is 15.1 Å². The molecule has 0 radical (unpaired) electrons. The zero-order chi connectivity index (χ0) is 13.3. The number of aryl methyl sites for hydroxylation is 2. The molecule has 18 heavy (non-hydrogen) atoms. The summed E-state index contributed by atoms with van der Waals surface area (Å²) in [5.74, 6) is 0. The Morgan fingerprint density at radius 1 is 1.33 bits per heavy atom. The minimum Gasteiger partial charge on any atom is -0.314 e. The second-order valence-electron chi connectivity index (χ2n) is 4.53. The molecule has 2 rings (SSSR count). The molecule has 1 N–H and O–H groups in total. The molecule has 0 saturated heterocycles. The lowest BCUT2D eigenvalue weighted by Gasteiger charge is -2.08. The summed E-state index contributed by atoms with van der Waals surface area (Å²) in [6, 6.07) is 6.35. The summed E-state index contributed by atoms with van der Waals surface area (Å²) >= 11 is 3.54. The molecular weight excluding hydrogens is 290 g/mol. The van der Waals surface area contributed by atoms with Gasteiger partial charge in [0.15, 0.2) is 0 Å². The number of nitrogens with one attached hydrogen (secondary N) is 1. The third kappa shape index (κ3) is 2.35. The fourth-order valence-electron chi connectivity index (χ4n) is 2.25. The van der Waals surface area contributed by atoms with Crippen molar-refractivity contribution in [1.29, 1.82) is 0 Å². The smallest absolute Gasteiger partial charge is 0.0797 e. The van der Waals surface area contributed by atoms with Crippen LogP contribution in [0.1, 0.15) is 16.8 Å². The Bertz CT molecular complexity index is 573. The van der Waals surface area contributed by atoms with Crippen LogP contribution in [0.2, 0.25) is 0 Å². The lowest BCUT2D eigenvalue weighted by molar-refractivity contribution is 0.715. The molecule has 1 aromatic carbocycles. The Morgan fingerprint density at radius 3 is 2.72 bits per heavy atom. The average Bonchev–Trinajstić information content (AvgIpc) is 2.59. The Kier molecular flexibility index (Phi) is 3.88. The molecule has 0 unspecified atom stereocenters. The maximum Gasteiger partial charge on any atom is 0.0797 e. The second-order valence-corrected chi connectivity index (χ2v) is 5.45. The fourth-order valence-corrected chi connectivity index (χ4v) is 2.61. The normalized spacial score (nSPS) is 10.9. The van der Waals surface area contributed by atoms with Crippen LogP contribution < -0.4 is 5.32 Å². The van der Waals surface area contributed by atoms with Crippen LogP contribution in [0.25, 0.3) is 11.3 Å². The molecule has 2 aromatic rings. The van der Waals surface area contributed by atoms with Crippen LogP contribution in [-0.2, 0) is 13.6 Å². The quantitative estimate of drug-likeness (QED) is 0.944. The maximum absolute atomic E-state index is 4.59. The fraction of sp³-hybridized carbons (Fsp3) is 0.357. The number of hydrogen-bond acceptors (Lipinski definition) is 2.